The van der Waals surface area contributed by atoms with Gasteiger partial charge in [0.15, 0.2) is 0 Å². The summed E-state index contributed by atoms with van der Waals surface area (Å²) in [5.41, 5.74) is 0. The molecule has 0 radical (unpaired) electrons. The molecule has 0 bridgehead atoms. The van der Waals surface area contributed by atoms with Crippen molar-refractivity contribution < 1.29 is 4.42 Å². The van der Waals surface area contributed by atoms with E-state index in [2.05, 4.69) is 42.7 Å². The third-order valence-electron chi connectivity index (χ3n) is 3.16. The van der Waals surface area contributed by atoms with Crippen LogP contribution in [0.25, 0.3) is 0 Å². The molecule has 0 aliphatic carbocycles. The van der Waals surface area contributed by atoms with E-state index in [0.29, 0.717) is 12.1 Å². The first-order valence-corrected chi connectivity index (χ1v) is 7.56. The first-order valence-electron chi connectivity index (χ1n) is 6.68. The van der Waals surface area contributed by atoms with Crippen LogP contribution in [0, 0.1) is 0 Å². The first-order chi connectivity index (χ1) is 8.85. The molecule has 2 unspecified atom stereocenters. The highest BCUT2D eigenvalue weighted by atomic mass is 32.1. The molecule has 0 aliphatic heterocycles. The van der Waals surface area contributed by atoms with Crippen LogP contribution in [0.4, 0.5) is 0 Å². The molecule has 0 fully saturated rings. The zero-order chi connectivity index (χ0) is 12.8. The third-order valence-corrected chi connectivity index (χ3v) is 4.15. The molecule has 1 N–H and O–H groups in total. The molecule has 0 amide bonds. The van der Waals surface area contributed by atoms with Gasteiger partial charge in [-0.1, -0.05) is 26.3 Å². The van der Waals surface area contributed by atoms with Crippen molar-refractivity contribution in [3.05, 3.63) is 46.5 Å². The van der Waals surface area contributed by atoms with Crippen molar-refractivity contribution in [2.75, 3.05) is 0 Å². The van der Waals surface area contributed by atoms with E-state index < -0.39 is 0 Å². The molecule has 2 atom stereocenters. The molecule has 98 valence electrons. The fourth-order valence-corrected chi connectivity index (χ4v) is 3.04. The summed E-state index contributed by atoms with van der Waals surface area (Å²) < 4.78 is 5.52. The summed E-state index contributed by atoms with van der Waals surface area (Å²) in [6.45, 7) is 4.42. The van der Waals surface area contributed by atoms with Crippen LogP contribution in [-0.4, -0.2) is 0 Å². The fraction of sp³-hybridized carbons (Fsp3) is 0.467. The Bertz CT molecular complexity index is 421. The fourth-order valence-electron chi connectivity index (χ4n) is 2.22. The highest BCUT2D eigenvalue weighted by Crippen LogP contribution is 2.28. The molecule has 0 spiro atoms. The molecule has 2 aromatic rings. The van der Waals surface area contributed by atoms with Gasteiger partial charge in [0.05, 0.1) is 12.3 Å². The molecule has 2 heterocycles. The van der Waals surface area contributed by atoms with Crippen molar-refractivity contribution in [3.63, 3.8) is 0 Å². The van der Waals surface area contributed by atoms with Crippen LogP contribution in [0.15, 0.2) is 40.3 Å². The Labute approximate surface area is 113 Å². The zero-order valence-electron chi connectivity index (χ0n) is 11.1. The second-order valence-electron chi connectivity index (χ2n) is 4.50. The Hall–Kier alpha value is -1.06. The van der Waals surface area contributed by atoms with Crippen LogP contribution in [-0.2, 0) is 0 Å². The van der Waals surface area contributed by atoms with Gasteiger partial charge < -0.3 is 4.42 Å². The Morgan fingerprint density at radius 2 is 2.11 bits per heavy atom. The molecule has 0 aromatic carbocycles. The topological polar surface area (TPSA) is 25.2 Å². The normalized spacial score (nSPS) is 14.6. The SMILES string of the molecule is CCCC(NC(CC)c1ccco1)c1cccs1. The molecule has 2 aromatic heterocycles. The van der Waals surface area contributed by atoms with E-state index in [9.17, 15) is 0 Å². The third kappa shape index (κ3) is 3.24. The van der Waals surface area contributed by atoms with Crippen LogP contribution >= 0.6 is 11.3 Å². The number of furan rings is 1. The van der Waals surface area contributed by atoms with E-state index in [-0.39, 0.29) is 0 Å². The number of nitrogens with one attached hydrogen (secondary N) is 1. The van der Waals surface area contributed by atoms with Gasteiger partial charge in [-0.2, -0.15) is 0 Å². The van der Waals surface area contributed by atoms with Gasteiger partial charge in [-0.05, 0) is 36.4 Å². The number of thiophene rings is 1. The van der Waals surface area contributed by atoms with E-state index in [1.807, 2.05) is 17.4 Å². The van der Waals surface area contributed by atoms with E-state index >= 15 is 0 Å². The van der Waals surface area contributed by atoms with E-state index in [1.54, 1.807) is 6.26 Å². The van der Waals surface area contributed by atoms with Crippen molar-refractivity contribution in [2.24, 2.45) is 0 Å². The van der Waals surface area contributed by atoms with Gasteiger partial charge >= 0.3 is 0 Å². The van der Waals surface area contributed by atoms with Crippen LogP contribution < -0.4 is 5.32 Å². The smallest absolute Gasteiger partial charge is 0.120 e. The standard InChI is InChI=1S/C15H21NOS/c1-3-7-13(15-9-6-11-18-15)16-12(4-2)14-8-5-10-17-14/h5-6,8-13,16H,3-4,7H2,1-2H3. The average molecular weight is 263 g/mol. The number of hydrogen-bond acceptors (Lipinski definition) is 3. The monoisotopic (exact) mass is 263 g/mol. The number of hydrogen-bond donors (Lipinski definition) is 1. The van der Waals surface area contributed by atoms with Crippen molar-refractivity contribution >= 4 is 11.3 Å². The summed E-state index contributed by atoms with van der Waals surface area (Å²) in [6.07, 6.45) is 5.14. The van der Waals surface area contributed by atoms with Gasteiger partial charge in [-0.25, -0.2) is 0 Å². The van der Waals surface area contributed by atoms with Crippen molar-refractivity contribution in [1.82, 2.24) is 5.32 Å². The molecule has 0 aliphatic rings. The maximum absolute atomic E-state index is 5.52. The lowest BCUT2D eigenvalue weighted by Crippen LogP contribution is -2.25. The van der Waals surface area contributed by atoms with Gasteiger partial charge in [0.2, 0.25) is 0 Å². The lowest BCUT2D eigenvalue weighted by Gasteiger charge is -2.22. The zero-order valence-corrected chi connectivity index (χ0v) is 11.9. The van der Waals surface area contributed by atoms with Gasteiger partial charge in [0, 0.05) is 10.9 Å². The summed E-state index contributed by atoms with van der Waals surface area (Å²) in [5, 5.41) is 5.87. The molecule has 0 saturated heterocycles. The summed E-state index contributed by atoms with van der Waals surface area (Å²) in [7, 11) is 0. The highest BCUT2D eigenvalue weighted by molar-refractivity contribution is 7.10. The molecule has 0 saturated carbocycles. The Balaban J connectivity index is 2.08. The molecule has 2 rings (SSSR count). The van der Waals surface area contributed by atoms with Gasteiger partial charge in [-0.3, -0.25) is 5.32 Å². The molecule has 18 heavy (non-hydrogen) atoms. The Morgan fingerprint density at radius 1 is 1.22 bits per heavy atom. The quantitative estimate of drug-likeness (QED) is 0.766. The summed E-state index contributed by atoms with van der Waals surface area (Å²) in [4.78, 5) is 1.42. The van der Waals surface area contributed by atoms with Crippen molar-refractivity contribution in [1.29, 1.82) is 0 Å². The second kappa shape index (κ2) is 6.76. The molecular formula is C15H21NOS. The van der Waals surface area contributed by atoms with Gasteiger partial charge in [0.25, 0.3) is 0 Å². The van der Waals surface area contributed by atoms with Crippen LogP contribution in [0.3, 0.4) is 0 Å². The van der Waals surface area contributed by atoms with E-state index in [1.165, 1.54) is 11.3 Å². The molecule has 3 heteroatoms. The maximum Gasteiger partial charge on any atom is 0.120 e. The largest absolute Gasteiger partial charge is 0.468 e. The average Bonchev–Trinajstić information content (AvgIpc) is 3.06. The van der Waals surface area contributed by atoms with Crippen LogP contribution in [0.2, 0.25) is 0 Å². The summed E-state index contributed by atoms with van der Waals surface area (Å²) >= 11 is 1.83. The Kier molecular flexibility index (Phi) is 5.02. The minimum Gasteiger partial charge on any atom is -0.468 e. The predicted octanol–water partition coefficient (Wildman–Crippen LogP) is 4.92. The van der Waals surface area contributed by atoms with E-state index in [4.69, 9.17) is 4.42 Å². The van der Waals surface area contributed by atoms with Crippen LogP contribution in [0.5, 0.6) is 0 Å². The van der Waals surface area contributed by atoms with Crippen molar-refractivity contribution in [3.8, 4) is 0 Å². The lowest BCUT2D eigenvalue weighted by atomic mass is 10.1. The number of rotatable bonds is 7. The summed E-state index contributed by atoms with van der Waals surface area (Å²) in [6, 6.07) is 9.09. The van der Waals surface area contributed by atoms with Gasteiger partial charge in [-0.15, -0.1) is 11.3 Å². The van der Waals surface area contributed by atoms with Gasteiger partial charge in [0.1, 0.15) is 5.76 Å². The minimum atomic E-state index is 0.304. The van der Waals surface area contributed by atoms with E-state index in [0.717, 1.165) is 18.6 Å². The second-order valence-corrected chi connectivity index (χ2v) is 5.48. The highest BCUT2D eigenvalue weighted by Gasteiger charge is 2.18. The minimum absolute atomic E-state index is 0.304. The Morgan fingerprint density at radius 3 is 2.67 bits per heavy atom. The van der Waals surface area contributed by atoms with Crippen molar-refractivity contribution in [2.45, 2.75) is 45.2 Å². The lowest BCUT2D eigenvalue weighted by molar-refractivity contribution is 0.358. The maximum atomic E-state index is 5.52. The summed E-state index contributed by atoms with van der Waals surface area (Å²) in [5.74, 6) is 1.04. The molecular weight excluding hydrogens is 242 g/mol. The van der Waals surface area contributed by atoms with Crippen LogP contribution in [0.1, 0.15) is 55.8 Å². The molecule has 2 nitrogen and oxygen atoms in total. The first kappa shape index (κ1) is 13.4. The predicted molar refractivity (Wildman–Crippen MR) is 76.8 cm³/mol.